The Labute approximate surface area is 109 Å². The van der Waals surface area contributed by atoms with Gasteiger partial charge >= 0.3 is 0 Å². The zero-order chi connectivity index (χ0) is 13.5. The second-order valence-corrected chi connectivity index (χ2v) is 6.78. The van der Waals surface area contributed by atoms with E-state index in [1.807, 2.05) is 19.9 Å². The van der Waals surface area contributed by atoms with Gasteiger partial charge in [-0.15, -0.1) is 0 Å². The summed E-state index contributed by atoms with van der Waals surface area (Å²) in [6.45, 7) is 5.48. The van der Waals surface area contributed by atoms with Crippen molar-refractivity contribution in [3.05, 3.63) is 22.8 Å². The van der Waals surface area contributed by atoms with Gasteiger partial charge in [0.25, 0.3) is 0 Å². The van der Waals surface area contributed by atoms with Crippen LogP contribution in [0.25, 0.3) is 0 Å². The molecule has 0 radical (unpaired) electrons. The van der Waals surface area contributed by atoms with Gasteiger partial charge in [0.15, 0.2) is 0 Å². The molecule has 1 aliphatic rings. The average Bonchev–Trinajstić information content (AvgIpc) is 2.20. The summed E-state index contributed by atoms with van der Waals surface area (Å²) in [6, 6.07) is 1.92. The van der Waals surface area contributed by atoms with Crippen molar-refractivity contribution in [3.63, 3.8) is 0 Å². The molecule has 5 heteroatoms. The summed E-state index contributed by atoms with van der Waals surface area (Å²) < 4.78 is 27.5. The van der Waals surface area contributed by atoms with E-state index in [4.69, 9.17) is 5.73 Å². The zero-order valence-electron chi connectivity index (χ0n) is 11.1. The molecule has 0 heterocycles. The van der Waals surface area contributed by atoms with Gasteiger partial charge in [-0.1, -0.05) is 12.5 Å². The fraction of sp³-hybridized carbons (Fsp3) is 0.538. The second-order valence-electron chi connectivity index (χ2n) is 5.13. The van der Waals surface area contributed by atoms with Gasteiger partial charge in [0.1, 0.15) is 0 Å². The summed E-state index contributed by atoms with van der Waals surface area (Å²) in [6.07, 6.45) is 2.96. The van der Waals surface area contributed by atoms with E-state index < -0.39 is 10.0 Å². The molecule has 1 aromatic rings. The number of aryl methyl sites for hydroxylation is 2. The van der Waals surface area contributed by atoms with Crippen molar-refractivity contribution in [3.8, 4) is 0 Å². The molecule has 0 atom stereocenters. The topological polar surface area (TPSA) is 72.2 Å². The van der Waals surface area contributed by atoms with Crippen LogP contribution in [0.2, 0.25) is 0 Å². The molecule has 0 aliphatic heterocycles. The van der Waals surface area contributed by atoms with E-state index in [0.29, 0.717) is 16.1 Å². The van der Waals surface area contributed by atoms with Crippen LogP contribution in [0, 0.1) is 20.8 Å². The molecule has 1 fully saturated rings. The lowest BCUT2D eigenvalue weighted by Crippen LogP contribution is -2.40. The number of nitrogen functional groups attached to an aromatic ring is 1. The van der Waals surface area contributed by atoms with Crippen LogP contribution in [0.5, 0.6) is 0 Å². The Morgan fingerprint density at radius 3 is 2.33 bits per heavy atom. The Kier molecular flexibility index (Phi) is 3.38. The molecule has 0 aromatic heterocycles. The quantitative estimate of drug-likeness (QED) is 0.824. The molecule has 0 bridgehead atoms. The number of sulfonamides is 1. The summed E-state index contributed by atoms with van der Waals surface area (Å²) >= 11 is 0. The zero-order valence-corrected chi connectivity index (χ0v) is 11.9. The van der Waals surface area contributed by atoms with Crippen molar-refractivity contribution < 1.29 is 8.42 Å². The van der Waals surface area contributed by atoms with E-state index in [1.54, 1.807) is 6.92 Å². The summed E-state index contributed by atoms with van der Waals surface area (Å²) in [7, 11) is -3.45. The number of anilines is 1. The Balaban J connectivity index is 2.46. The smallest absolute Gasteiger partial charge is 0.241 e. The van der Waals surface area contributed by atoms with Crippen molar-refractivity contribution in [1.29, 1.82) is 0 Å². The van der Waals surface area contributed by atoms with Crippen LogP contribution in [-0.4, -0.2) is 14.5 Å². The van der Waals surface area contributed by atoms with Gasteiger partial charge in [0.05, 0.1) is 4.90 Å². The molecule has 1 aromatic carbocycles. The number of hydrogen-bond donors (Lipinski definition) is 2. The molecular formula is C13H20N2O2S. The molecule has 1 aliphatic carbocycles. The highest BCUT2D eigenvalue weighted by molar-refractivity contribution is 7.89. The van der Waals surface area contributed by atoms with Crippen molar-refractivity contribution in [1.82, 2.24) is 4.72 Å². The van der Waals surface area contributed by atoms with Crippen LogP contribution in [0.4, 0.5) is 5.69 Å². The molecular weight excluding hydrogens is 248 g/mol. The molecule has 3 N–H and O–H groups in total. The Morgan fingerprint density at radius 1 is 1.22 bits per heavy atom. The first-order valence-corrected chi connectivity index (χ1v) is 7.70. The molecule has 18 heavy (non-hydrogen) atoms. The standard InChI is InChI=1S/C13H20N2O2S/c1-8-7-9(2)13(10(3)12(8)14)18(16,17)15-11-5-4-6-11/h7,11,15H,4-6,14H2,1-3H3. The van der Waals surface area contributed by atoms with Crippen LogP contribution >= 0.6 is 0 Å². The molecule has 2 rings (SSSR count). The summed E-state index contributed by atoms with van der Waals surface area (Å²) in [5.74, 6) is 0. The maximum absolute atomic E-state index is 12.4. The first-order chi connectivity index (χ1) is 8.33. The molecule has 100 valence electrons. The number of hydrogen-bond acceptors (Lipinski definition) is 3. The highest BCUT2D eigenvalue weighted by Gasteiger charge is 2.27. The van der Waals surface area contributed by atoms with Gasteiger partial charge in [0.2, 0.25) is 10.0 Å². The van der Waals surface area contributed by atoms with Crippen LogP contribution in [0.3, 0.4) is 0 Å². The second kappa shape index (κ2) is 4.55. The number of nitrogens with one attached hydrogen (secondary N) is 1. The van der Waals surface area contributed by atoms with Crippen LogP contribution in [-0.2, 0) is 10.0 Å². The van der Waals surface area contributed by atoms with E-state index in [9.17, 15) is 8.42 Å². The van der Waals surface area contributed by atoms with E-state index >= 15 is 0 Å². The van der Waals surface area contributed by atoms with Gasteiger partial charge < -0.3 is 5.73 Å². The maximum Gasteiger partial charge on any atom is 0.241 e. The number of benzene rings is 1. The molecule has 1 saturated carbocycles. The summed E-state index contributed by atoms with van der Waals surface area (Å²) in [4.78, 5) is 0.345. The third-order valence-electron chi connectivity index (χ3n) is 3.66. The van der Waals surface area contributed by atoms with Crippen LogP contribution in [0.15, 0.2) is 11.0 Å². The third kappa shape index (κ3) is 2.24. The van der Waals surface area contributed by atoms with Crippen molar-refractivity contribution >= 4 is 15.7 Å². The predicted octanol–water partition coefficient (Wildman–Crippen LogP) is 2.02. The predicted molar refractivity (Wildman–Crippen MR) is 73.0 cm³/mol. The fourth-order valence-electron chi connectivity index (χ4n) is 2.40. The number of rotatable bonds is 3. The summed E-state index contributed by atoms with van der Waals surface area (Å²) in [5.41, 5.74) is 8.83. The van der Waals surface area contributed by atoms with Crippen LogP contribution < -0.4 is 10.5 Å². The van der Waals surface area contributed by atoms with Gasteiger partial charge in [-0.2, -0.15) is 0 Å². The first kappa shape index (κ1) is 13.4. The van der Waals surface area contributed by atoms with Crippen LogP contribution in [0.1, 0.15) is 36.0 Å². The van der Waals surface area contributed by atoms with Gasteiger partial charge in [-0.25, -0.2) is 13.1 Å². The highest BCUT2D eigenvalue weighted by atomic mass is 32.2. The third-order valence-corrected chi connectivity index (χ3v) is 5.47. The van der Waals surface area contributed by atoms with Crippen molar-refractivity contribution in [2.24, 2.45) is 0 Å². The first-order valence-electron chi connectivity index (χ1n) is 6.21. The largest absolute Gasteiger partial charge is 0.398 e. The Bertz CT molecular complexity index is 575. The van der Waals surface area contributed by atoms with Gasteiger partial charge in [-0.05, 0) is 50.3 Å². The lowest BCUT2D eigenvalue weighted by molar-refractivity contribution is 0.383. The molecule has 0 unspecified atom stereocenters. The van der Waals surface area contributed by atoms with Crippen molar-refractivity contribution in [2.75, 3.05) is 5.73 Å². The normalized spacial score (nSPS) is 16.6. The molecule has 4 nitrogen and oxygen atoms in total. The number of nitrogens with two attached hydrogens (primary N) is 1. The maximum atomic E-state index is 12.4. The molecule has 0 amide bonds. The lowest BCUT2D eigenvalue weighted by atomic mass is 9.94. The lowest BCUT2D eigenvalue weighted by Gasteiger charge is -2.27. The summed E-state index contributed by atoms with van der Waals surface area (Å²) in [5, 5.41) is 0. The Hall–Kier alpha value is -1.07. The van der Waals surface area contributed by atoms with Gasteiger partial charge in [-0.3, -0.25) is 0 Å². The van der Waals surface area contributed by atoms with E-state index in [1.165, 1.54) is 0 Å². The van der Waals surface area contributed by atoms with Gasteiger partial charge in [0, 0.05) is 11.7 Å². The highest BCUT2D eigenvalue weighted by Crippen LogP contribution is 2.29. The molecule has 0 saturated heterocycles. The fourth-order valence-corrected chi connectivity index (χ4v) is 4.19. The average molecular weight is 268 g/mol. The van der Waals surface area contributed by atoms with E-state index in [-0.39, 0.29) is 6.04 Å². The van der Waals surface area contributed by atoms with E-state index in [2.05, 4.69) is 4.72 Å². The minimum Gasteiger partial charge on any atom is -0.398 e. The SMILES string of the molecule is Cc1cc(C)c(S(=O)(=O)NC2CCC2)c(C)c1N. The minimum atomic E-state index is -3.45. The minimum absolute atomic E-state index is 0.0938. The Morgan fingerprint density at radius 2 is 1.83 bits per heavy atom. The monoisotopic (exact) mass is 268 g/mol. The van der Waals surface area contributed by atoms with Crippen molar-refractivity contribution in [2.45, 2.75) is 51.0 Å². The molecule has 0 spiro atoms. The van der Waals surface area contributed by atoms with E-state index in [0.717, 1.165) is 30.4 Å².